The van der Waals surface area contributed by atoms with Crippen molar-refractivity contribution in [1.29, 1.82) is 0 Å². The van der Waals surface area contributed by atoms with Crippen molar-refractivity contribution in [2.75, 3.05) is 0 Å². The molecule has 0 saturated carbocycles. The second kappa shape index (κ2) is 3.72. The summed E-state index contributed by atoms with van der Waals surface area (Å²) in [6.07, 6.45) is 0.846. The van der Waals surface area contributed by atoms with Crippen molar-refractivity contribution in [3.63, 3.8) is 0 Å². The summed E-state index contributed by atoms with van der Waals surface area (Å²) in [6.45, 7) is 0. The van der Waals surface area contributed by atoms with E-state index in [1.54, 1.807) is 0 Å². The largest absolute Gasteiger partial charge is 0.321 e. The summed E-state index contributed by atoms with van der Waals surface area (Å²) < 4.78 is 0. The van der Waals surface area contributed by atoms with Gasteiger partial charge in [-0.1, -0.05) is 35.9 Å². The quantitative estimate of drug-likeness (QED) is 0.517. The van der Waals surface area contributed by atoms with Crippen LogP contribution in [0.4, 0.5) is 0 Å². The first-order chi connectivity index (χ1) is 9.24. The third-order valence-electron chi connectivity index (χ3n) is 3.75. The number of aromatic nitrogens is 1. The third-order valence-corrected chi connectivity index (χ3v) is 3.98. The predicted octanol–water partition coefficient (Wildman–Crippen LogP) is 3.75. The molecule has 3 heteroatoms. The fraction of sp³-hybridized carbons (Fsp3) is 0.0625. The Kier molecular flexibility index (Phi) is 2.12. The average molecular weight is 268 g/mol. The lowest BCUT2D eigenvalue weighted by molar-refractivity contribution is 1.23. The summed E-state index contributed by atoms with van der Waals surface area (Å²) in [7, 11) is 0. The molecule has 2 nitrogen and oxygen atoms in total. The predicted molar refractivity (Wildman–Crippen MR) is 77.8 cm³/mol. The van der Waals surface area contributed by atoms with Crippen molar-refractivity contribution in [3.05, 3.63) is 69.0 Å². The first-order valence-corrected chi connectivity index (χ1v) is 6.54. The Balaban J connectivity index is 2.15. The highest BCUT2D eigenvalue weighted by atomic mass is 35.5. The van der Waals surface area contributed by atoms with E-state index < -0.39 is 0 Å². The van der Waals surface area contributed by atoms with Gasteiger partial charge < -0.3 is 4.98 Å². The maximum Gasteiger partial charge on any atom is 0.256 e. The number of hydrogen-bond acceptors (Lipinski definition) is 1. The molecule has 92 valence electrons. The lowest BCUT2D eigenvalue weighted by Crippen LogP contribution is -2.08. The molecule has 1 N–H and O–H groups in total. The molecule has 0 saturated heterocycles. The summed E-state index contributed by atoms with van der Waals surface area (Å²) in [6, 6.07) is 13.6. The van der Waals surface area contributed by atoms with Crippen LogP contribution in [0.3, 0.4) is 0 Å². The minimum atomic E-state index is -0.0397. The van der Waals surface area contributed by atoms with Crippen molar-refractivity contribution >= 4 is 22.4 Å². The summed E-state index contributed by atoms with van der Waals surface area (Å²) in [4.78, 5) is 15.1. The molecule has 19 heavy (non-hydrogen) atoms. The van der Waals surface area contributed by atoms with E-state index in [1.165, 1.54) is 11.1 Å². The second-order valence-corrected chi connectivity index (χ2v) is 5.27. The lowest BCUT2D eigenvalue weighted by atomic mass is 10.0. The van der Waals surface area contributed by atoms with E-state index >= 15 is 0 Å². The van der Waals surface area contributed by atoms with Gasteiger partial charge in [-0.2, -0.15) is 0 Å². The minimum absolute atomic E-state index is 0.0397. The summed E-state index contributed by atoms with van der Waals surface area (Å²) in [5.74, 6) is 0. The van der Waals surface area contributed by atoms with Crippen molar-refractivity contribution in [3.8, 4) is 11.3 Å². The topological polar surface area (TPSA) is 32.9 Å². The van der Waals surface area contributed by atoms with Crippen LogP contribution in [-0.2, 0) is 6.42 Å². The zero-order chi connectivity index (χ0) is 13.0. The van der Waals surface area contributed by atoms with Crippen LogP contribution in [0.15, 0.2) is 47.3 Å². The van der Waals surface area contributed by atoms with Crippen LogP contribution < -0.4 is 5.56 Å². The van der Waals surface area contributed by atoms with Gasteiger partial charge in [-0.05, 0) is 34.7 Å². The average Bonchev–Trinajstić information content (AvgIpc) is 2.78. The SMILES string of the molecule is O=c1[nH]c2c(c3ccccc13)Cc1ccc(Cl)cc1-2. The highest BCUT2D eigenvalue weighted by molar-refractivity contribution is 6.31. The zero-order valence-electron chi connectivity index (χ0n) is 10.0. The van der Waals surface area contributed by atoms with E-state index in [0.29, 0.717) is 5.02 Å². The van der Waals surface area contributed by atoms with Gasteiger partial charge in [0, 0.05) is 22.4 Å². The Labute approximate surface area is 114 Å². The van der Waals surface area contributed by atoms with E-state index in [2.05, 4.69) is 4.98 Å². The first-order valence-electron chi connectivity index (χ1n) is 6.17. The molecule has 1 aliphatic rings. The maximum atomic E-state index is 12.1. The summed E-state index contributed by atoms with van der Waals surface area (Å²) in [5.41, 5.74) is 4.33. The first kappa shape index (κ1) is 10.8. The molecular weight excluding hydrogens is 258 g/mol. The lowest BCUT2D eigenvalue weighted by Gasteiger charge is -2.05. The monoisotopic (exact) mass is 267 g/mol. The van der Waals surface area contributed by atoms with E-state index in [4.69, 9.17) is 11.6 Å². The van der Waals surface area contributed by atoms with Gasteiger partial charge in [-0.15, -0.1) is 0 Å². The van der Waals surface area contributed by atoms with E-state index in [0.717, 1.165) is 28.5 Å². The van der Waals surface area contributed by atoms with Crippen LogP contribution in [0.1, 0.15) is 11.1 Å². The summed E-state index contributed by atoms with van der Waals surface area (Å²) in [5, 5.41) is 2.48. The number of aromatic amines is 1. The van der Waals surface area contributed by atoms with Gasteiger partial charge in [0.15, 0.2) is 0 Å². The molecule has 0 amide bonds. The normalized spacial score (nSPS) is 12.5. The number of hydrogen-bond donors (Lipinski definition) is 1. The Bertz CT molecular complexity index is 880. The van der Waals surface area contributed by atoms with E-state index in [-0.39, 0.29) is 5.56 Å². The van der Waals surface area contributed by atoms with E-state index in [1.807, 2.05) is 42.5 Å². The maximum absolute atomic E-state index is 12.1. The highest BCUT2D eigenvalue weighted by Crippen LogP contribution is 2.38. The fourth-order valence-electron chi connectivity index (χ4n) is 2.87. The Morgan fingerprint density at radius 1 is 1.05 bits per heavy atom. The van der Waals surface area contributed by atoms with Gasteiger partial charge in [0.1, 0.15) is 0 Å². The van der Waals surface area contributed by atoms with Crippen LogP contribution in [-0.4, -0.2) is 4.98 Å². The van der Waals surface area contributed by atoms with Crippen molar-refractivity contribution in [2.45, 2.75) is 6.42 Å². The van der Waals surface area contributed by atoms with Gasteiger partial charge in [0.05, 0.1) is 5.69 Å². The molecule has 1 heterocycles. The number of rotatable bonds is 0. The smallest absolute Gasteiger partial charge is 0.256 e. The van der Waals surface area contributed by atoms with Gasteiger partial charge in [-0.3, -0.25) is 4.79 Å². The van der Waals surface area contributed by atoms with Crippen LogP contribution in [0.25, 0.3) is 22.0 Å². The molecule has 0 fully saturated rings. The highest BCUT2D eigenvalue weighted by Gasteiger charge is 2.22. The van der Waals surface area contributed by atoms with Gasteiger partial charge in [-0.25, -0.2) is 0 Å². The molecule has 0 radical (unpaired) electrons. The Morgan fingerprint density at radius 2 is 1.84 bits per heavy atom. The number of halogens is 1. The molecule has 2 aromatic carbocycles. The van der Waals surface area contributed by atoms with Crippen molar-refractivity contribution in [2.24, 2.45) is 0 Å². The van der Waals surface area contributed by atoms with Crippen LogP contribution in [0.5, 0.6) is 0 Å². The number of nitrogens with one attached hydrogen (secondary N) is 1. The molecule has 0 unspecified atom stereocenters. The molecule has 0 atom stereocenters. The van der Waals surface area contributed by atoms with Gasteiger partial charge in [0.2, 0.25) is 0 Å². The fourth-order valence-corrected chi connectivity index (χ4v) is 3.05. The number of pyridine rings is 1. The van der Waals surface area contributed by atoms with Crippen molar-refractivity contribution < 1.29 is 0 Å². The molecule has 3 aromatic rings. The third kappa shape index (κ3) is 1.47. The number of benzene rings is 2. The Hall–Kier alpha value is -2.06. The van der Waals surface area contributed by atoms with Crippen LogP contribution in [0, 0.1) is 0 Å². The molecule has 1 aromatic heterocycles. The van der Waals surface area contributed by atoms with E-state index in [9.17, 15) is 4.79 Å². The second-order valence-electron chi connectivity index (χ2n) is 4.83. The molecule has 4 rings (SSSR count). The van der Waals surface area contributed by atoms with Crippen LogP contribution >= 0.6 is 11.6 Å². The molecular formula is C16H10ClNO. The molecule has 1 aliphatic carbocycles. The minimum Gasteiger partial charge on any atom is -0.321 e. The molecule has 0 aliphatic heterocycles. The standard InChI is InChI=1S/C16H10ClNO/c17-10-6-5-9-7-14-11-3-1-2-4-12(11)16(19)18-15(14)13(9)8-10/h1-6,8H,7H2,(H,18,19). The number of H-pyrrole nitrogens is 1. The summed E-state index contributed by atoms with van der Waals surface area (Å²) >= 11 is 6.06. The zero-order valence-corrected chi connectivity index (χ0v) is 10.8. The molecule has 0 bridgehead atoms. The molecule has 0 spiro atoms. The van der Waals surface area contributed by atoms with Crippen molar-refractivity contribution in [1.82, 2.24) is 4.98 Å². The van der Waals surface area contributed by atoms with Gasteiger partial charge >= 0.3 is 0 Å². The van der Waals surface area contributed by atoms with Gasteiger partial charge in [0.25, 0.3) is 5.56 Å². The number of fused-ring (bicyclic) bond motifs is 5. The Morgan fingerprint density at radius 3 is 2.68 bits per heavy atom. The van der Waals surface area contributed by atoms with Crippen LogP contribution in [0.2, 0.25) is 5.02 Å².